The molecule has 0 spiro atoms. The van der Waals surface area contributed by atoms with E-state index in [1.54, 1.807) is 0 Å². The highest BCUT2D eigenvalue weighted by atomic mass is 16.5. The first-order valence-corrected chi connectivity index (χ1v) is 9.52. The molecule has 2 aliphatic heterocycles. The van der Waals surface area contributed by atoms with Gasteiger partial charge in [0.25, 0.3) is 0 Å². The lowest BCUT2D eigenvalue weighted by molar-refractivity contribution is -0.133. The molecule has 3 fully saturated rings. The number of carbonyl (C=O) groups is 2. The summed E-state index contributed by atoms with van der Waals surface area (Å²) in [6.07, 6.45) is 7.49. The maximum absolute atomic E-state index is 12.7. The third-order valence-electron chi connectivity index (χ3n) is 5.95. The van der Waals surface area contributed by atoms with Crippen molar-refractivity contribution in [3.8, 4) is 0 Å². The molecule has 6 nitrogen and oxygen atoms in total. The Bertz CT molecular complexity index is 445. The number of nitrogens with zero attached hydrogens (tertiary/aromatic N) is 2. The van der Waals surface area contributed by atoms with E-state index in [1.165, 1.54) is 25.7 Å². The third kappa shape index (κ3) is 4.48. The summed E-state index contributed by atoms with van der Waals surface area (Å²) in [5, 5.41) is 0. The van der Waals surface area contributed by atoms with Gasteiger partial charge in [-0.1, -0.05) is 12.8 Å². The number of hydrogen-bond acceptors (Lipinski definition) is 4. The molecule has 1 aliphatic carbocycles. The molecule has 6 heteroatoms. The van der Waals surface area contributed by atoms with Crippen LogP contribution in [-0.2, 0) is 14.3 Å². The highest BCUT2D eigenvalue weighted by molar-refractivity contribution is 5.80. The van der Waals surface area contributed by atoms with Crippen LogP contribution in [0.3, 0.4) is 0 Å². The SMILES string of the molecule is NC(=O)[C@@H]1CN(C(=O)CC2CCCC2)CCN(C2CCOCC2)C1. The van der Waals surface area contributed by atoms with Crippen molar-refractivity contribution >= 4 is 11.8 Å². The monoisotopic (exact) mass is 337 g/mol. The number of nitrogens with two attached hydrogens (primary N) is 1. The van der Waals surface area contributed by atoms with Crippen molar-refractivity contribution in [1.82, 2.24) is 9.80 Å². The summed E-state index contributed by atoms with van der Waals surface area (Å²) in [6.45, 7) is 4.28. The Morgan fingerprint density at radius 3 is 2.38 bits per heavy atom. The lowest BCUT2D eigenvalue weighted by Gasteiger charge is -2.34. The van der Waals surface area contributed by atoms with Crippen molar-refractivity contribution in [1.29, 1.82) is 0 Å². The zero-order valence-corrected chi connectivity index (χ0v) is 14.6. The fraction of sp³-hybridized carbons (Fsp3) is 0.889. The quantitative estimate of drug-likeness (QED) is 0.830. The van der Waals surface area contributed by atoms with Gasteiger partial charge in [0.05, 0.1) is 5.92 Å². The molecule has 0 unspecified atom stereocenters. The van der Waals surface area contributed by atoms with Crippen molar-refractivity contribution in [2.45, 2.75) is 51.0 Å². The molecule has 3 rings (SSSR count). The first-order valence-electron chi connectivity index (χ1n) is 9.52. The Balaban J connectivity index is 1.61. The number of rotatable bonds is 4. The lowest BCUT2D eigenvalue weighted by atomic mass is 10.0. The van der Waals surface area contributed by atoms with Gasteiger partial charge in [-0.15, -0.1) is 0 Å². The normalized spacial score (nSPS) is 28.0. The van der Waals surface area contributed by atoms with E-state index < -0.39 is 0 Å². The molecule has 0 aromatic carbocycles. The van der Waals surface area contributed by atoms with Crippen LogP contribution < -0.4 is 5.73 Å². The maximum Gasteiger partial charge on any atom is 0.223 e. The molecule has 136 valence electrons. The lowest BCUT2D eigenvalue weighted by Crippen LogP contribution is -2.44. The van der Waals surface area contributed by atoms with Crippen LogP contribution in [0.2, 0.25) is 0 Å². The predicted octanol–water partition coefficient (Wildman–Crippen LogP) is 0.991. The summed E-state index contributed by atoms with van der Waals surface area (Å²) in [4.78, 5) is 28.8. The van der Waals surface area contributed by atoms with E-state index in [1.807, 2.05) is 4.90 Å². The van der Waals surface area contributed by atoms with Gasteiger partial charge >= 0.3 is 0 Å². The van der Waals surface area contributed by atoms with Crippen LogP contribution in [-0.4, -0.2) is 67.0 Å². The van der Waals surface area contributed by atoms with E-state index in [0.29, 0.717) is 38.0 Å². The van der Waals surface area contributed by atoms with Crippen LogP contribution in [0.4, 0.5) is 0 Å². The topological polar surface area (TPSA) is 75.9 Å². The van der Waals surface area contributed by atoms with Gasteiger partial charge in [0.1, 0.15) is 0 Å². The van der Waals surface area contributed by atoms with Crippen LogP contribution in [0.25, 0.3) is 0 Å². The summed E-state index contributed by atoms with van der Waals surface area (Å²) < 4.78 is 5.45. The van der Waals surface area contributed by atoms with Crippen molar-refractivity contribution in [2.75, 3.05) is 39.4 Å². The number of amides is 2. The van der Waals surface area contributed by atoms with E-state index in [-0.39, 0.29) is 17.7 Å². The Morgan fingerprint density at radius 1 is 1.00 bits per heavy atom. The van der Waals surface area contributed by atoms with Gasteiger partial charge in [0.15, 0.2) is 0 Å². The number of primary amides is 1. The van der Waals surface area contributed by atoms with Gasteiger partial charge in [0, 0.05) is 51.9 Å². The van der Waals surface area contributed by atoms with Crippen molar-refractivity contribution in [2.24, 2.45) is 17.6 Å². The first kappa shape index (κ1) is 17.7. The number of ether oxygens (including phenoxy) is 1. The molecule has 1 saturated carbocycles. The minimum Gasteiger partial charge on any atom is -0.381 e. The van der Waals surface area contributed by atoms with E-state index in [9.17, 15) is 9.59 Å². The Morgan fingerprint density at radius 2 is 1.71 bits per heavy atom. The zero-order valence-electron chi connectivity index (χ0n) is 14.6. The second kappa shape index (κ2) is 8.30. The molecule has 3 aliphatic rings. The van der Waals surface area contributed by atoms with Gasteiger partial charge in [-0.3, -0.25) is 14.5 Å². The standard InChI is InChI=1S/C18H31N3O3/c19-18(23)15-12-20(16-5-9-24-10-6-16)7-8-21(13-15)17(22)11-14-3-1-2-4-14/h14-16H,1-13H2,(H2,19,23)/t15-/m0/s1. The molecule has 0 aromatic rings. The Labute approximate surface area is 144 Å². The fourth-order valence-corrected chi connectivity index (χ4v) is 4.42. The molecule has 2 N–H and O–H groups in total. The van der Waals surface area contributed by atoms with Crippen LogP contribution in [0, 0.1) is 11.8 Å². The second-order valence-corrected chi connectivity index (χ2v) is 7.63. The summed E-state index contributed by atoms with van der Waals surface area (Å²) >= 11 is 0. The molecular weight excluding hydrogens is 306 g/mol. The average molecular weight is 337 g/mol. The smallest absolute Gasteiger partial charge is 0.223 e. The summed E-state index contributed by atoms with van der Waals surface area (Å²) in [7, 11) is 0. The molecular formula is C18H31N3O3. The van der Waals surface area contributed by atoms with E-state index in [2.05, 4.69) is 4.90 Å². The zero-order chi connectivity index (χ0) is 16.9. The van der Waals surface area contributed by atoms with Gasteiger partial charge in [0.2, 0.25) is 11.8 Å². The first-order chi connectivity index (χ1) is 11.6. The van der Waals surface area contributed by atoms with E-state index in [0.717, 1.165) is 32.6 Å². The minimum absolute atomic E-state index is 0.210. The Hall–Kier alpha value is -1.14. The number of hydrogen-bond donors (Lipinski definition) is 1. The number of carbonyl (C=O) groups excluding carboxylic acids is 2. The van der Waals surface area contributed by atoms with Gasteiger partial charge in [-0.05, 0) is 31.6 Å². The van der Waals surface area contributed by atoms with Crippen LogP contribution in [0.15, 0.2) is 0 Å². The van der Waals surface area contributed by atoms with Crippen LogP contribution in [0.5, 0.6) is 0 Å². The molecule has 2 saturated heterocycles. The van der Waals surface area contributed by atoms with E-state index in [4.69, 9.17) is 10.5 Å². The predicted molar refractivity (Wildman–Crippen MR) is 91.3 cm³/mol. The maximum atomic E-state index is 12.7. The van der Waals surface area contributed by atoms with Crippen molar-refractivity contribution < 1.29 is 14.3 Å². The molecule has 0 aromatic heterocycles. The highest BCUT2D eigenvalue weighted by Crippen LogP contribution is 2.28. The molecule has 2 heterocycles. The van der Waals surface area contributed by atoms with Crippen LogP contribution >= 0.6 is 0 Å². The summed E-state index contributed by atoms with van der Waals surface area (Å²) in [6, 6.07) is 0.450. The molecule has 0 radical (unpaired) electrons. The molecule has 0 bridgehead atoms. The molecule has 1 atom stereocenters. The average Bonchev–Trinajstić information content (AvgIpc) is 2.98. The van der Waals surface area contributed by atoms with Crippen molar-refractivity contribution in [3.63, 3.8) is 0 Å². The third-order valence-corrected chi connectivity index (χ3v) is 5.95. The van der Waals surface area contributed by atoms with Gasteiger partial charge < -0.3 is 15.4 Å². The minimum atomic E-state index is -0.285. The summed E-state index contributed by atoms with van der Waals surface area (Å²) in [5.74, 6) is 0.205. The fourth-order valence-electron chi connectivity index (χ4n) is 4.42. The van der Waals surface area contributed by atoms with Crippen LogP contribution in [0.1, 0.15) is 44.9 Å². The molecule has 2 amide bonds. The van der Waals surface area contributed by atoms with Gasteiger partial charge in [-0.2, -0.15) is 0 Å². The molecule has 24 heavy (non-hydrogen) atoms. The van der Waals surface area contributed by atoms with Gasteiger partial charge in [-0.25, -0.2) is 0 Å². The summed E-state index contributed by atoms with van der Waals surface area (Å²) in [5.41, 5.74) is 5.63. The van der Waals surface area contributed by atoms with Crippen molar-refractivity contribution in [3.05, 3.63) is 0 Å². The highest BCUT2D eigenvalue weighted by Gasteiger charge is 2.33. The largest absolute Gasteiger partial charge is 0.381 e. The second-order valence-electron chi connectivity index (χ2n) is 7.63. The van der Waals surface area contributed by atoms with E-state index >= 15 is 0 Å². The Kier molecular flexibility index (Phi) is 6.11.